The van der Waals surface area contributed by atoms with Gasteiger partial charge in [0.2, 0.25) is 5.88 Å². The highest BCUT2D eigenvalue weighted by Crippen LogP contribution is 2.13. The Labute approximate surface area is 113 Å². The Balaban J connectivity index is 2.01. The molecule has 1 atom stereocenters. The lowest BCUT2D eigenvalue weighted by atomic mass is 10.1. The molecule has 2 rings (SSSR count). The molecular weight excluding hydrogens is 240 g/mol. The molecule has 0 fully saturated rings. The first kappa shape index (κ1) is 13.3. The first-order valence-electron chi connectivity index (χ1n) is 6.22. The molecule has 2 aromatic heterocycles. The Morgan fingerprint density at radius 3 is 2.89 bits per heavy atom. The number of rotatable bonds is 5. The molecule has 0 aromatic carbocycles. The van der Waals surface area contributed by atoms with E-state index in [0.717, 1.165) is 17.9 Å². The molecule has 0 spiro atoms. The maximum Gasteiger partial charge on any atom is 0.218 e. The van der Waals surface area contributed by atoms with Gasteiger partial charge in [-0.2, -0.15) is 0 Å². The standard InChI is InChI=1S/C14H18N4O/c1-10-5-4-6-15-12(10)7-11(2)18-13-8-14(19-3)17-9-16-13/h4-6,8-9,11H,7H2,1-3H3,(H,16,17,18). The van der Waals surface area contributed by atoms with Crippen LogP contribution in [0.5, 0.6) is 5.88 Å². The third-order valence-electron chi connectivity index (χ3n) is 2.86. The number of aromatic nitrogens is 3. The number of pyridine rings is 1. The van der Waals surface area contributed by atoms with Gasteiger partial charge in [-0.15, -0.1) is 0 Å². The van der Waals surface area contributed by atoms with Crippen LogP contribution >= 0.6 is 0 Å². The van der Waals surface area contributed by atoms with E-state index in [0.29, 0.717) is 5.88 Å². The lowest BCUT2D eigenvalue weighted by Gasteiger charge is -2.15. The topological polar surface area (TPSA) is 59.9 Å². The monoisotopic (exact) mass is 258 g/mol. The molecule has 2 heterocycles. The molecule has 0 aliphatic heterocycles. The summed E-state index contributed by atoms with van der Waals surface area (Å²) in [6, 6.07) is 6.03. The third-order valence-corrected chi connectivity index (χ3v) is 2.86. The molecule has 0 amide bonds. The average Bonchev–Trinajstić information content (AvgIpc) is 2.41. The number of hydrogen-bond donors (Lipinski definition) is 1. The van der Waals surface area contributed by atoms with Gasteiger partial charge in [0.25, 0.3) is 0 Å². The van der Waals surface area contributed by atoms with Crippen LogP contribution in [0.4, 0.5) is 5.82 Å². The van der Waals surface area contributed by atoms with E-state index in [2.05, 4.69) is 40.2 Å². The van der Waals surface area contributed by atoms with Crippen molar-refractivity contribution in [3.05, 3.63) is 42.0 Å². The fraction of sp³-hybridized carbons (Fsp3) is 0.357. The molecular formula is C14H18N4O. The molecule has 0 saturated carbocycles. The molecule has 0 saturated heterocycles. The van der Waals surface area contributed by atoms with Gasteiger partial charge >= 0.3 is 0 Å². The molecule has 0 aliphatic carbocycles. The predicted octanol–water partition coefficient (Wildman–Crippen LogP) is 2.23. The van der Waals surface area contributed by atoms with Gasteiger partial charge in [0.05, 0.1) is 7.11 Å². The normalized spacial score (nSPS) is 11.9. The number of nitrogens with zero attached hydrogens (tertiary/aromatic N) is 3. The van der Waals surface area contributed by atoms with Gasteiger partial charge < -0.3 is 10.1 Å². The zero-order valence-electron chi connectivity index (χ0n) is 11.4. The van der Waals surface area contributed by atoms with Crippen molar-refractivity contribution in [2.75, 3.05) is 12.4 Å². The highest BCUT2D eigenvalue weighted by atomic mass is 16.5. The molecule has 19 heavy (non-hydrogen) atoms. The molecule has 0 aliphatic rings. The fourth-order valence-corrected chi connectivity index (χ4v) is 1.86. The maximum absolute atomic E-state index is 5.07. The summed E-state index contributed by atoms with van der Waals surface area (Å²) in [5, 5.41) is 3.32. The number of ether oxygens (including phenoxy) is 1. The summed E-state index contributed by atoms with van der Waals surface area (Å²) in [5.74, 6) is 1.31. The van der Waals surface area contributed by atoms with Gasteiger partial charge in [-0.05, 0) is 25.5 Å². The minimum atomic E-state index is 0.230. The number of aryl methyl sites for hydroxylation is 1. The van der Waals surface area contributed by atoms with Crippen molar-refractivity contribution in [3.63, 3.8) is 0 Å². The van der Waals surface area contributed by atoms with E-state index in [4.69, 9.17) is 4.74 Å². The Bertz CT molecular complexity index is 544. The largest absolute Gasteiger partial charge is 0.481 e. The van der Waals surface area contributed by atoms with Crippen LogP contribution in [0, 0.1) is 6.92 Å². The third kappa shape index (κ3) is 3.64. The van der Waals surface area contributed by atoms with Crippen molar-refractivity contribution in [1.29, 1.82) is 0 Å². The van der Waals surface area contributed by atoms with Crippen LogP contribution in [0.25, 0.3) is 0 Å². The lowest BCUT2D eigenvalue weighted by molar-refractivity contribution is 0.397. The second-order valence-corrected chi connectivity index (χ2v) is 4.46. The molecule has 0 bridgehead atoms. The van der Waals surface area contributed by atoms with E-state index in [1.807, 2.05) is 12.3 Å². The summed E-state index contributed by atoms with van der Waals surface area (Å²) in [6.45, 7) is 4.17. The second-order valence-electron chi connectivity index (χ2n) is 4.46. The quantitative estimate of drug-likeness (QED) is 0.891. The van der Waals surface area contributed by atoms with Crippen LogP contribution < -0.4 is 10.1 Å². The van der Waals surface area contributed by atoms with Crippen molar-refractivity contribution >= 4 is 5.82 Å². The smallest absolute Gasteiger partial charge is 0.218 e. The number of anilines is 1. The number of methoxy groups -OCH3 is 1. The highest BCUT2D eigenvalue weighted by molar-refractivity contribution is 5.38. The van der Waals surface area contributed by atoms with Crippen LogP contribution in [0.3, 0.4) is 0 Å². The molecule has 2 aromatic rings. The van der Waals surface area contributed by atoms with E-state index in [1.165, 1.54) is 11.9 Å². The molecule has 100 valence electrons. The van der Waals surface area contributed by atoms with Crippen molar-refractivity contribution in [2.24, 2.45) is 0 Å². The zero-order valence-corrected chi connectivity index (χ0v) is 11.4. The first-order chi connectivity index (χ1) is 9.19. The van der Waals surface area contributed by atoms with Gasteiger partial charge in [-0.3, -0.25) is 4.98 Å². The number of hydrogen-bond acceptors (Lipinski definition) is 5. The van der Waals surface area contributed by atoms with Gasteiger partial charge in [0.1, 0.15) is 12.1 Å². The van der Waals surface area contributed by atoms with E-state index in [-0.39, 0.29) is 6.04 Å². The SMILES string of the molecule is COc1cc(NC(C)Cc2ncccc2C)ncn1. The minimum absolute atomic E-state index is 0.230. The summed E-state index contributed by atoms with van der Waals surface area (Å²) in [6.07, 6.45) is 4.15. The highest BCUT2D eigenvalue weighted by Gasteiger charge is 2.08. The maximum atomic E-state index is 5.07. The Morgan fingerprint density at radius 2 is 2.16 bits per heavy atom. The molecule has 0 radical (unpaired) electrons. The van der Waals surface area contributed by atoms with Crippen molar-refractivity contribution in [3.8, 4) is 5.88 Å². The summed E-state index contributed by atoms with van der Waals surface area (Å²) >= 11 is 0. The van der Waals surface area contributed by atoms with Gasteiger partial charge in [0.15, 0.2) is 0 Å². The van der Waals surface area contributed by atoms with Crippen LogP contribution in [0.1, 0.15) is 18.2 Å². The summed E-state index contributed by atoms with van der Waals surface area (Å²) in [7, 11) is 1.59. The Hall–Kier alpha value is -2.17. The van der Waals surface area contributed by atoms with E-state index in [9.17, 15) is 0 Å². The predicted molar refractivity (Wildman–Crippen MR) is 74.3 cm³/mol. The summed E-state index contributed by atoms with van der Waals surface area (Å²) in [4.78, 5) is 12.5. The van der Waals surface area contributed by atoms with Crippen LogP contribution in [-0.2, 0) is 6.42 Å². The average molecular weight is 258 g/mol. The van der Waals surface area contributed by atoms with E-state index in [1.54, 1.807) is 13.2 Å². The van der Waals surface area contributed by atoms with Crippen molar-refractivity contribution in [1.82, 2.24) is 15.0 Å². The van der Waals surface area contributed by atoms with E-state index < -0.39 is 0 Å². The first-order valence-corrected chi connectivity index (χ1v) is 6.22. The minimum Gasteiger partial charge on any atom is -0.481 e. The van der Waals surface area contributed by atoms with E-state index >= 15 is 0 Å². The van der Waals surface area contributed by atoms with Crippen LogP contribution in [0.15, 0.2) is 30.7 Å². The molecule has 1 unspecified atom stereocenters. The van der Waals surface area contributed by atoms with Crippen LogP contribution in [0.2, 0.25) is 0 Å². The molecule has 5 nitrogen and oxygen atoms in total. The van der Waals surface area contributed by atoms with Crippen molar-refractivity contribution in [2.45, 2.75) is 26.3 Å². The zero-order chi connectivity index (χ0) is 13.7. The van der Waals surface area contributed by atoms with Gasteiger partial charge in [0, 0.05) is 30.4 Å². The van der Waals surface area contributed by atoms with Crippen LogP contribution in [-0.4, -0.2) is 28.1 Å². The molecule has 1 N–H and O–H groups in total. The van der Waals surface area contributed by atoms with Gasteiger partial charge in [-0.1, -0.05) is 6.07 Å². The lowest BCUT2D eigenvalue weighted by Crippen LogP contribution is -2.20. The Morgan fingerprint density at radius 1 is 1.32 bits per heavy atom. The summed E-state index contributed by atoms with van der Waals surface area (Å²) in [5.41, 5.74) is 2.31. The Kier molecular flexibility index (Phi) is 4.28. The fourth-order valence-electron chi connectivity index (χ4n) is 1.86. The summed E-state index contributed by atoms with van der Waals surface area (Å²) < 4.78 is 5.07. The molecule has 5 heteroatoms. The number of nitrogens with one attached hydrogen (secondary N) is 1. The second kappa shape index (κ2) is 6.13. The van der Waals surface area contributed by atoms with Crippen molar-refractivity contribution < 1.29 is 4.74 Å². The van der Waals surface area contributed by atoms with Gasteiger partial charge in [-0.25, -0.2) is 9.97 Å².